The van der Waals surface area contributed by atoms with Crippen molar-refractivity contribution in [2.45, 2.75) is 65.1 Å². The van der Waals surface area contributed by atoms with E-state index in [2.05, 4.69) is 24.1 Å². The lowest BCUT2D eigenvalue weighted by Gasteiger charge is -2.37. The molecule has 0 aromatic heterocycles. The number of halogens is 1. The zero-order valence-electron chi connectivity index (χ0n) is 12.7. The van der Waals surface area contributed by atoms with Crippen LogP contribution < -0.4 is 11.1 Å². The summed E-state index contributed by atoms with van der Waals surface area (Å²) in [6.45, 7) is 10.2. The first-order valence-electron chi connectivity index (χ1n) is 7.25. The van der Waals surface area contributed by atoms with Crippen LogP contribution in [0.5, 0.6) is 0 Å². The molecule has 1 fully saturated rings. The Balaban J connectivity index is 0.00000324. The van der Waals surface area contributed by atoms with Gasteiger partial charge in [-0.2, -0.15) is 0 Å². The number of carbonyl (C=O) groups excluding carboxylic acids is 1. The van der Waals surface area contributed by atoms with E-state index in [0.29, 0.717) is 5.92 Å². The van der Waals surface area contributed by atoms with Crippen LogP contribution in [0.4, 0.5) is 0 Å². The number of nitrogens with two attached hydrogens (primary N) is 1. The van der Waals surface area contributed by atoms with Gasteiger partial charge in [-0.25, -0.2) is 0 Å². The molecular formula is C14H30ClN3O. The van der Waals surface area contributed by atoms with Gasteiger partial charge in [-0.3, -0.25) is 9.69 Å². The first-order valence-corrected chi connectivity index (χ1v) is 7.25. The largest absolute Gasteiger partial charge is 0.352 e. The van der Waals surface area contributed by atoms with Crippen molar-refractivity contribution in [1.29, 1.82) is 0 Å². The number of carbonyl (C=O) groups is 1. The zero-order valence-corrected chi connectivity index (χ0v) is 13.5. The second kappa shape index (κ2) is 8.77. The van der Waals surface area contributed by atoms with Crippen molar-refractivity contribution < 1.29 is 4.79 Å². The van der Waals surface area contributed by atoms with E-state index in [0.717, 1.165) is 25.9 Å². The summed E-state index contributed by atoms with van der Waals surface area (Å²) < 4.78 is 0. The Labute approximate surface area is 123 Å². The molecule has 4 unspecified atom stereocenters. The maximum absolute atomic E-state index is 12.1. The van der Waals surface area contributed by atoms with Gasteiger partial charge in [0.1, 0.15) is 0 Å². The van der Waals surface area contributed by atoms with Crippen LogP contribution >= 0.6 is 12.4 Å². The number of rotatable bonds is 5. The monoisotopic (exact) mass is 291 g/mol. The molecular weight excluding hydrogens is 262 g/mol. The minimum atomic E-state index is -0.0412. The third-order valence-corrected chi connectivity index (χ3v) is 4.16. The van der Waals surface area contributed by atoms with E-state index in [-0.39, 0.29) is 36.4 Å². The zero-order chi connectivity index (χ0) is 13.7. The number of amides is 1. The van der Waals surface area contributed by atoms with Crippen LogP contribution in [-0.2, 0) is 4.79 Å². The highest BCUT2D eigenvalue weighted by molar-refractivity contribution is 5.85. The van der Waals surface area contributed by atoms with Crippen molar-refractivity contribution in [2.24, 2.45) is 11.7 Å². The fourth-order valence-corrected chi connectivity index (χ4v) is 2.45. The second-order valence-electron chi connectivity index (χ2n) is 5.75. The summed E-state index contributed by atoms with van der Waals surface area (Å²) in [6.07, 6.45) is 3.31. The Morgan fingerprint density at radius 2 is 2.05 bits per heavy atom. The van der Waals surface area contributed by atoms with Crippen molar-refractivity contribution in [3.8, 4) is 0 Å². The van der Waals surface area contributed by atoms with Crippen LogP contribution in [0.3, 0.4) is 0 Å². The summed E-state index contributed by atoms with van der Waals surface area (Å²) in [5, 5.41) is 3.06. The van der Waals surface area contributed by atoms with Gasteiger partial charge in [-0.05, 0) is 52.5 Å². The number of nitrogens with zero attached hydrogens (tertiary/aromatic N) is 1. The minimum absolute atomic E-state index is 0. The average Bonchev–Trinajstić information content (AvgIpc) is 2.37. The van der Waals surface area contributed by atoms with E-state index >= 15 is 0 Å². The summed E-state index contributed by atoms with van der Waals surface area (Å²) in [4.78, 5) is 14.4. The fourth-order valence-electron chi connectivity index (χ4n) is 2.45. The predicted molar refractivity (Wildman–Crippen MR) is 82.6 cm³/mol. The lowest BCUT2D eigenvalue weighted by Crippen LogP contribution is -2.52. The number of hydrogen-bond acceptors (Lipinski definition) is 3. The third-order valence-electron chi connectivity index (χ3n) is 4.16. The molecule has 1 heterocycles. The van der Waals surface area contributed by atoms with Gasteiger partial charge in [-0.15, -0.1) is 12.4 Å². The smallest absolute Gasteiger partial charge is 0.237 e. The van der Waals surface area contributed by atoms with Crippen molar-refractivity contribution in [3.05, 3.63) is 0 Å². The standard InChI is InChI=1S/C14H29N3O.ClH/c1-5-10(2)16-14(18)12(4)17-8-6-7-13(9-17)11(3)15;/h10-13H,5-9,15H2,1-4H3,(H,16,18);1H. The lowest BCUT2D eigenvalue weighted by molar-refractivity contribution is -0.127. The van der Waals surface area contributed by atoms with Crippen molar-refractivity contribution >= 4 is 18.3 Å². The number of nitrogens with one attached hydrogen (secondary N) is 1. The minimum Gasteiger partial charge on any atom is -0.352 e. The highest BCUT2D eigenvalue weighted by Crippen LogP contribution is 2.20. The van der Waals surface area contributed by atoms with E-state index in [1.165, 1.54) is 6.42 Å². The van der Waals surface area contributed by atoms with Gasteiger partial charge < -0.3 is 11.1 Å². The first kappa shape index (κ1) is 18.7. The molecule has 1 amide bonds. The molecule has 0 radical (unpaired) electrons. The summed E-state index contributed by atoms with van der Waals surface area (Å²) >= 11 is 0. The molecule has 1 saturated heterocycles. The molecule has 0 saturated carbocycles. The lowest BCUT2D eigenvalue weighted by atomic mass is 9.91. The van der Waals surface area contributed by atoms with E-state index in [1.54, 1.807) is 0 Å². The van der Waals surface area contributed by atoms with Gasteiger partial charge in [0.05, 0.1) is 6.04 Å². The van der Waals surface area contributed by atoms with Crippen LogP contribution in [0.15, 0.2) is 0 Å². The van der Waals surface area contributed by atoms with Gasteiger partial charge in [0.15, 0.2) is 0 Å². The van der Waals surface area contributed by atoms with Gasteiger partial charge in [0, 0.05) is 18.6 Å². The first-order chi connectivity index (χ1) is 8.45. The van der Waals surface area contributed by atoms with E-state index in [9.17, 15) is 4.79 Å². The molecule has 4 atom stereocenters. The summed E-state index contributed by atoms with van der Waals surface area (Å²) in [6, 6.07) is 0.437. The predicted octanol–water partition coefficient (Wildman–Crippen LogP) is 1.77. The Kier molecular flexibility index (Phi) is 8.62. The molecule has 0 spiro atoms. The normalized spacial score (nSPS) is 25.0. The molecule has 3 N–H and O–H groups in total. The van der Waals surface area contributed by atoms with Crippen LogP contribution in [0, 0.1) is 5.92 Å². The SMILES string of the molecule is CCC(C)NC(=O)C(C)N1CCCC(C(C)N)C1.Cl. The highest BCUT2D eigenvalue weighted by Gasteiger charge is 2.29. The van der Waals surface area contributed by atoms with Crippen LogP contribution in [0.2, 0.25) is 0 Å². The van der Waals surface area contributed by atoms with E-state index in [4.69, 9.17) is 5.73 Å². The third kappa shape index (κ3) is 5.67. The molecule has 5 heteroatoms. The van der Waals surface area contributed by atoms with Gasteiger partial charge >= 0.3 is 0 Å². The Bertz CT molecular complexity index is 273. The molecule has 1 aliphatic heterocycles. The fraction of sp³-hybridized carbons (Fsp3) is 0.929. The molecule has 1 rings (SSSR count). The molecule has 0 bridgehead atoms. The van der Waals surface area contributed by atoms with Crippen LogP contribution in [-0.4, -0.2) is 42.0 Å². The van der Waals surface area contributed by atoms with Gasteiger partial charge in [0.25, 0.3) is 0 Å². The molecule has 1 aliphatic rings. The molecule has 4 nitrogen and oxygen atoms in total. The maximum Gasteiger partial charge on any atom is 0.237 e. The number of piperidine rings is 1. The van der Waals surface area contributed by atoms with E-state index in [1.807, 2.05) is 13.8 Å². The van der Waals surface area contributed by atoms with E-state index < -0.39 is 0 Å². The van der Waals surface area contributed by atoms with Crippen LogP contribution in [0.1, 0.15) is 47.0 Å². The molecule has 0 aliphatic carbocycles. The van der Waals surface area contributed by atoms with Crippen molar-refractivity contribution in [3.63, 3.8) is 0 Å². The quantitative estimate of drug-likeness (QED) is 0.812. The topological polar surface area (TPSA) is 58.4 Å². The maximum atomic E-state index is 12.1. The second-order valence-corrected chi connectivity index (χ2v) is 5.75. The van der Waals surface area contributed by atoms with Crippen LogP contribution in [0.25, 0.3) is 0 Å². The van der Waals surface area contributed by atoms with Crippen molar-refractivity contribution in [1.82, 2.24) is 10.2 Å². The van der Waals surface area contributed by atoms with Gasteiger partial charge in [0.2, 0.25) is 5.91 Å². The summed E-state index contributed by atoms with van der Waals surface area (Å²) in [5.74, 6) is 0.673. The number of likely N-dealkylation sites (tertiary alicyclic amines) is 1. The Hall–Kier alpha value is -0.320. The Morgan fingerprint density at radius 1 is 1.42 bits per heavy atom. The highest BCUT2D eigenvalue weighted by atomic mass is 35.5. The molecule has 19 heavy (non-hydrogen) atoms. The summed E-state index contributed by atoms with van der Waals surface area (Å²) in [7, 11) is 0. The van der Waals surface area contributed by atoms with Crippen molar-refractivity contribution in [2.75, 3.05) is 13.1 Å². The number of hydrogen-bond donors (Lipinski definition) is 2. The molecule has 0 aromatic rings. The molecule has 0 aromatic carbocycles. The van der Waals surface area contributed by atoms with Gasteiger partial charge in [-0.1, -0.05) is 6.92 Å². The molecule has 114 valence electrons. The Morgan fingerprint density at radius 3 is 2.58 bits per heavy atom. The summed E-state index contributed by atoms with van der Waals surface area (Å²) in [5.41, 5.74) is 5.98. The average molecular weight is 292 g/mol.